The number of anilines is 1. The summed E-state index contributed by atoms with van der Waals surface area (Å²) in [4.78, 5) is 11.9. The topological polar surface area (TPSA) is 38.3 Å². The van der Waals surface area contributed by atoms with Gasteiger partial charge in [0, 0.05) is 5.69 Å². The van der Waals surface area contributed by atoms with Crippen molar-refractivity contribution in [3.05, 3.63) is 58.9 Å². The number of amides is 1. The van der Waals surface area contributed by atoms with E-state index in [-0.39, 0.29) is 23.3 Å². The Morgan fingerprint density at radius 1 is 1.22 bits per heavy atom. The Kier molecular flexibility index (Phi) is 6.41. The molecule has 23 heavy (non-hydrogen) atoms. The van der Waals surface area contributed by atoms with Crippen LogP contribution < -0.4 is 10.1 Å². The summed E-state index contributed by atoms with van der Waals surface area (Å²) in [6.07, 6.45) is 3.34. The molecule has 0 fully saturated rings. The second-order valence-corrected chi connectivity index (χ2v) is 5.62. The molecule has 0 aromatic heterocycles. The van der Waals surface area contributed by atoms with E-state index in [0.29, 0.717) is 5.69 Å². The molecule has 0 spiro atoms. The van der Waals surface area contributed by atoms with Gasteiger partial charge in [0.1, 0.15) is 11.6 Å². The second-order valence-electron chi connectivity index (χ2n) is 5.21. The predicted octanol–water partition coefficient (Wildman–Crippen LogP) is 4.84. The molecule has 0 heterocycles. The quantitative estimate of drug-likeness (QED) is 0.786. The van der Waals surface area contributed by atoms with Crippen molar-refractivity contribution in [2.75, 3.05) is 11.9 Å². The number of ether oxygens (including phenoxy) is 1. The first-order valence-corrected chi connectivity index (χ1v) is 7.93. The van der Waals surface area contributed by atoms with Gasteiger partial charge in [-0.1, -0.05) is 37.1 Å². The normalized spacial score (nSPS) is 10.4. The molecule has 0 bridgehead atoms. The molecule has 0 unspecified atom stereocenters. The van der Waals surface area contributed by atoms with E-state index < -0.39 is 5.82 Å². The number of halogens is 2. The Morgan fingerprint density at radius 2 is 1.96 bits per heavy atom. The SMILES string of the molecule is CCCCc1ccc(NC(=O)COc2ccc(F)cc2Cl)cc1. The van der Waals surface area contributed by atoms with Crippen LogP contribution >= 0.6 is 11.6 Å². The molecule has 0 aliphatic heterocycles. The van der Waals surface area contributed by atoms with Crippen LogP contribution in [0.3, 0.4) is 0 Å². The van der Waals surface area contributed by atoms with Gasteiger partial charge >= 0.3 is 0 Å². The van der Waals surface area contributed by atoms with Crippen LogP contribution in [0.25, 0.3) is 0 Å². The van der Waals surface area contributed by atoms with Gasteiger partial charge in [-0.25, -0.2) is 4.39 Å². The summed E-state index contributed by atoms with van der Waals surface area (Å²) in [6, 6.07) is 11.5. The van der Waals surface area contributed by atoms with Crippen LogP contribution in [-0.2, 0) is 11.2 Å². The molecule has 0 aliphatic carbocycles. The van der Waals surface area contributed by atoms with Gasteiger partial charge < -0.3 is 10.1 Å². The highest BCUT2D eigenvalue weighted by Crippen LogP contribution is 2.24. The van der Waals surface area contributed by atoms with Gasteiger partial charge in [-0.2, -0.15) is 0 Å². The number of unbranched alkanes of at least 4 members (excludes halogenated alkanes) is 1. The van der Waals surface area contributed by atoms with Crippen LogP contribution in [0, 0.1) is 5.82 Å². The summed E-state index contributed by atoms with van der Waals surface area (Å²) in [5.41, 5.74) is 1.96. The highest BCUT2D eigenvalue weighted by Gasteiger charge is 2.07. The lowest BCUT2D eigenvalue weighted by Crippen LogP contribution is -2.20. The van der Waals surface area contributed by atoms with E-state index in [1.807, 2.05) is 24.3 Å². The van der Waals surface area contributed by atoms with E-state index >= 15 is 0 Å². The van der Waals surface area contributed by atoms with Gasteiger partial charge in [-0.3, -0.25) is 4.79 Å². The lowest BCUT2D eigenvalue weighted by atomic mass is 10.1. The smallest absolute Gasteiger partial charge is 0.262 e. The summed E-state index contributed by atoms with van der Waals surface area (Å²) < 4.78 is 18.2. The third-order valence-electron chi connectivity index (χ3n) is 3.31. The van der Waals surface area contributed by atoms with E-state index in [0.717, 1.165) is 25.3 Å². The molecule has 5 heteroatoms. The molecule has 0 radical (unpaired) electrons. The van der Waals surface area contributed by atoms with E-state index in [1.54, 1.807) is 0 Å². The number of carbonyl (C=O) groups excluding carboxylic acids is 1. The highest BCUT2D eigenvalue weighted by atomic mass is 35.5. The zero-order valence-corrected chi connectivity index (χ0v) is 13.7. The van der Waals surface area contributed by atoms with Gasteiger partial charge in [-0.05, 0) is 48.7 Å². The van der Waals surface area contributed by atoms with Crippen LogP contribution in [0.4, 0.5) is 10.1 Å². The minimum absolute atomic E-state index is 0.137. The van der Waals surface area contributed by atoms with Gasteiger partial charge in [-0.15, -0.1) is 0 Å². The third-order valence-corrected chi connectivity index (χ3v) is 3.60. The Labute approximate surface area is 140 Å². The second kappa shape index (κ2) is 8.53. The first kappa shape index (κ1) is 17.3. The number of aryl methyl sites for hydroxylation is 1. The fourth-order valence-corrected chi connectivity index (χ4v) is 2.29. The average molecular weight is 336 g/mol. The monoisotopic (exact) mass is 335 g/mol. The van der Waals surface area contributed by atoms with Crippen LogP contribution in [-0.4, -0.2) is 12.5 Å². The Hall–Kier alpha value is -2.07. The first-order valence-electron chi connectivity index (χ1n) is 7.55. The predicted molar refractivity (Wildman–Crippen MR) is 90.6 cm³/mol. The van der Waals surface area contributed by atoms with Crippen molar-refractivity contribution in [1.82, 2.24) is 0 Å². The molecule has 2 aromatic carbocycles. The van der Waals surface area contributed by atoms with E-state index in [2.05, 4.69) is 12.2 Å². The maximum absolute atomic E-state index is 12.9. The van der Waals surface area contributed by atoms with Crippen molar-refractivity contribution in [2.24, 2.45) is 0 Å². The van der Waals surface area contributed by atoms with Crippen molar-refractivity contribution < 1.29 is 13.9 Å². The zero-order valence-electron chi connectivity index (χ0n) is 12.9. The van der Waals surface area contributed by atoms with Gasteiger partial charge in [0.25, 0.3) is 5.91 Å². The fraction of sp³-hybridized carbons (Fsp3) is 0.278. The number of rotatable bonds is 7. The molecule has 0 aliphatic rings. The Balaban J connectivity index is 1.84. The third kappa shape index (κ3) is 5.57. The van der Waals surface area contributed by atoms with Crippen LogP contribution in [0.2, 0.25) is 5.02 Å². The number of nitrogens with one attached hydrogen (secondary N) is 1. The molecule has 122 valence electrons. The van der Waals surface area contributed by atoms with E-state index in [9.17, 15) is 9.18 Å². The van der Waals surface area contributed by atoms with Gasteiger partial charge in [0.2, 0.25) is 0 Å². The lowest BCUT2D eigenvalue weighted by Gasteiger charge is -2.09. The minimum atomic E-state index is -0.449. The van der Waals surface area contributed by atoms with Crippen molar-refractivity contribution in [1.29, 1.82) is 0 Å². The molecular weight excluding hydrogens is 317 g/mol. The molecule has 3 nitrogen and oxygen atoms in total. The zero-order chi connectivity index (χ0) is 16.7. The maximum atomic E-state index is 12.9. The molecular formula is C18H19ClFNO2. The highest BCUT2D eigenvalue weighted by molar-refractivity contribution is 6.32. The van der Waals surface area contributed by atoms with Gasteiger partial charge in [0.05, 0.1) is 5.02 Å². The number of hydrogen-bond acceptors (Lipinski definition) is 2. The summed E-state index contributed by atoms with van der Waals surface area (Å²) in [5, 5.41) is 2.88. The fourth-order valence-electron chi connectivity index (χ4n) is 2.07. The van der Waals surface area contributed by atoms with Crippen LogP contribution in [0.1, 0.15) is 25.3 Å². The molecule has 0 atom stereocenters. The molecule has 0 saturated heterocycles. The average Bonchev–Trinajstić information content (AvgIpc) is 2.53. The van der Waals surface area contributed by atoms with Crippen molar-refractivity contribution in [2.45, 2.75) is 26.2 Å². The van der Waals surface area contributed by atoms with Gasteiger partial charge in [0.15, 0.2) is 6.61 Å². The molecule has 0 saturated carbocycles. The summed E-state index contributed by atoms with van der Waals surface area (Å²) in [5.74, 6) is -0.472. The molecule has 1 amide bonds. The lowest BCUT2D eigenvalue weighted by molar-refractivity contribution is -0.118. The number of benzene rings is 2. The standard InChI is InChI=1S/C18H19ClFNO2/c1-2-3-4-13-5-8-15(9-6-13)21-18(22)12-23-17-10-7-14(20)11-16(17)19/h5-11H,2-4,12H2,1H3,(H,21,22). The summed E-state index contributed by atoms with van der Waals surface area (Å²) in [6.45, 7) is 1.96. The summed E-state index contributed by atoms with van der Waals surface area (Å²) in [7, 11) is 0. The number of carbonyl (C=O) groups is 1. The van der Waals surface area contributed by atoms with Crippen molar-refractivity contribution in [3.8, 4) is 5.75 Å². The van der Waals surface area contributed by atoms with Crippen molar-refractivity contribution >= 4 is 23.2 Å². The molecule has 1 N–H and O–H groups in total. The number of hydrogen-bond donors (Lipinski definition) is 1. The first-order chi connectivity index (χ1) is 11.1. The molecule has 2 rings (SSSR count). The summed E-state index contributed by atoms with van der Waals surface area (Å²) >= 11 is 5.84. The Morgan fingerprint density at radius 3 is 2.61 bits per heavy atom. The maximum Gasteiger partial charge on any atom is 0.262 e. The van der Waals surface area contributed by atoms with Crippen molar-refractivity contribution in [3.63, 3.8) is 0 Å². The van der Waals surface area contributed by atoms with E-state index in [4.69, 9.17) is 16.3 Å². The largest absolute Gasteiger partial charge is 0.482 e. The Bertz CT molecular complexity index is 659. The van der Waals surface area contributed by atoms with Crippen LogP contribution in [0.15, 0.2) is 42.5 Å². The van der Waals surface area contributed by atoms with E-state index in [1.165, 1.54) is 17.7 Å². The molecule has 2 aromatic rings. The minimum Gasteiger partial charge on any atom is -0.482 e. The van der Waals surface area contributed by atoms with Crippen LogP contribution in [0.5, 0.6) is 5.75 Å².